The zero-order chi connectivity index (χ0) is 17.6. The number of rotatable bonds is 13. The van der Waals surface area contributed by atoms with E-state index in [1.165, 1.54) is 38.5 Å². The van der Waals surface area contributed by atoms with Gasteiger partial charge in [-0.15, -0.1) is 0 Å². The fourth-order valence-corrected chi connectivity index (χ4v) is 2.54. The smallest absolute Gasteiger partial charge is 0.338 e. The average Bonchev–Trinajstić information content (AvgIpc) is 2.57. The molecule has 1 rings (SSSR count). The molecule has 24 heavy (non-hydrogen) atoms. The van der Waals surface area contributed by atoms with Crippen molar-refractivity contribution in [2.24, 2.45) is 0 Å². The van der Waals surface area contributed by atoms with Crippen LogP contribution in [0.2, 0.25) is 0 Å². The molecule has 0 saturated heterocycles. The maximum Gasteiger partial charge on any atom is 0.338 e. The van der Waals surface area contributed by atoms with Crippen LogP contribution in [-0.2, 0) is 16.0 Å². The third kappa shape index (κ3) is 8.88. The number of para-hydroxylation sites is 1. The number of aryl methyl sites for hydroxylation is 1. The average molecular weight is 332 g/mol. The van der Waals surface area contributed by atoms with Crippen LogP contribution >= 0.6 is 0 Å². The lowest BCUT2D eigenvalue weighted by atomic mass is 10.0. The molecule has 0 aromatic heterocycles. The fraction of sp³-hybridized carbons (Fsp3) is 0.571. The summed E-state index contributed by atoms with van der Waals surface area (Å²) in [5.74, 6) is 0.316. The van der Waals surface area contributed by atoms with Gasteiger partial charge in [0.1, 0.15) is 5.75 Å². The number of benzene rings is 1. The van der Waals surface area contributed by atoms with E-state index in [0.717, 1.165) is 31.6 Å². The standard InChI is InChI=1S/C21H32O3/c1-4-23-17-13-9-7-5-6-8-10-14-19-15-11-12-16-20(19)24-21(22)18(2)3/h11-12,15-16H,2,4-10,13-14,17H2,1,3H3. The summed E-state index contributed by atoms with van der Waals surface area (Å²) >= 11 is 0. The first-order chi connectivity index (χ1) is 11.6. The van der Waals surface area contributed by atoms with E-state index in [2.05, 4.69) is 6.58 Å². The first-order valence-corrected chi connectivity index (χ1v) is 9.18. The van der Waals surface area contributed by atoms with Crippen LogP contribution in [0.25, 0.3) is 0 Å². The van der Waals surface area contributed by atoms with Crippen molar-refractivity contribution in [1.29, 1.82) is 0 Å². The Balaban J connectivity index is 2.19. The van der Waals surface area contributed by atoms with Gasteiger partial charge in [0.05, 0.1) is 0 Å². The highest BCUT2D eigenvalue weighted by Crippen LogP contribution is 2.21. The lowest BCUT2D eigenvalue weighted by Gasteiger charge is -2.10. The SMILES string of the molecule is C=C(C)C(=O)Oc1ccccc1CCCCCCCCCOCC. The van der Waals surface area contributed by atoms with Crippen molar-refractivity contribution in [3.8, 4) is 5.75 Å². The summed E-state index contributed by atoms with van der Waals surface area (Å²) in [6.07, 6.45) is 9.58. The summed E-state index contributed by atoms with van der Waals surface area (Å²) < 4.78 is 10.7. The molecule has 1 aromatic carbocycles. The Hall–Kier alpha value is -1.61. The topological polar surface area (TPSA) is 35.5 Å². The number of ether oxygens (including phenoxy) is 2. The fourth-order valence-electron chi connectivity index (χ4n) is 2.54. The molecule has 134 valence electrons. The summed E-state index contributed by atoms with van der Waals surface area (Å²) in [7, 11) is 0. The van der Waals surface area contributed by atoms with E-state index < -0.39 is 0 Å². The predicted octanol–water partition coefficient (Wildman–Crippen LogP) is 5.48. The van der Waals surface area contributed by atoms with Crippen molar-refractivity contribution in [3.05, 3.63) is 42.0 Å². The van der Waals surface area contributed by atoms with E-state index in [4.69, 9.17) is 9.47 Å². The molecule has 3 nitrogen and oxygen atoms in total. The summed E-state index contributed by atoms with van der Waals surface area (Å²) in [4.78, 5) is 11.7. The monoisotopic (exact) mass is 332 g/mol. The highest BCUT2D eigenvalue weighted by Gasteiger charge is 2.09. The molecule has 0 saturated carbocycles. The molecule has 1 aromatic rings. The Morgan fingerprint density at radius 2 is 1.62 bits per heavy atom. The lowest BCUT2D eigenvalue weighted by molar-refractivity contribution is -0.130. The van der Waals surface area contributed by atoms with Gasteiger partial charge in [-0.1, -0.05) is 56.9 Å². The Bertz CT molecular complexity index is 494. The molecule has 0 unspecified atom stereocenters. The number of carbonyl (C=O) groups is 1. The van der Waals surface area contributed by atoms with Crippen molar-refractivity contribution < 1.29 is 14.3 Å². The molecule has 0 aliphatic heterocycles. The molecule has 0 aliphatic carbocycles. The molecule has 0 fully saturated rings. The van der Waals surface area contributed by atoms with Crippen LogP contribution in [0.5, 0.6) is 5.75 Å². The van der Waals surface area contributed by atoms with Crippen LogP contribution in [0.1, 0.15) is 64.4 Å². The number of carbonyl (C=O) groups excluding carboxylic acids is 1. The maximum atomic E-state index is 11.7. The zero-order valence-corrected chi connectivity index (χ0v) is 15.3. The van der Waals surface area contributed by atoms with Crippen LogP contribution in [0.3, 0.4) is 0 Å². The van der Waals surface area contributed by atoms with Crippen LogP contribution in [0.15, 0.2) is 36.4 Å². The van der Waals surface area contributed by atoms with Crippen LogP contribution < -0.4 is 4.74 Å². The summed E-state index contributed by atoms with van der Waals surface area (Å²) in [6, 6.07) is 7.78. The molecule has 0 spiro atoms. The van der Waals surface area contributed by atoms with Crippen LogP contribution in [-0.4, -0.2) is 19.2 Å². The third-order valence-corrected chi connectivity index (χ3v) is 3.96. The molecule has 0 N–H and O–H groups in total. The van der Waals surface area contributed by atoms with Gasteiger partial charge in [-0.05, 0) is 44.7 Å². The molecule has 3 heteroatoms. The molecule has 0 atom stereocenters. The minimum absolute atomic E-state index is 0.352. The zero-order valence-electron chi connectivity index (χ0n) is 15.3. The Kier molecular flexibility index (Phi) is 10.9. The lowest BCUT2D eigenvalue weighted by Crippen LogP contribution is -2.09. The van der Waals surface area contributed by atoms with E-state index in [1.807, 2.05) is 31.2 Å². The Morgan fingerprint density at radius 3 is 2.29 bits per heavy atom. The van der Waals surface area contributed by atoms with E-state index in [9.17, 15) is 4.79 Å². The maximum absolute atomic E-state index is 11.7. The van der Waals surface area contributed by atoms with E-state index >= 15 is 0 Å². The van der Waals surface area contributed by atoms with Gasteiger partial charge < -0.3 is 9.47 Å². The van der Waals surface area contributed by atoms with E-state index in [-0.39, 0.29) is 5.97 Å². The summed E-state index contributed by atoms with van der Waals surface area (Å²) in [5, 5.41) is 0. The number of unbranched alkanes of at least 4 members (excludes halogenated alkanes) is 6. The predicted molar refractivity (Wildman–Crippen MR) is 99.4 cm³/mol. The minimum atomic E-state index is -0.352. The highest BCUT2D eigenvalue weighted by molar-refractivity contribution is 5.88. The van der Waals surface area contributed by atoms with Crippen molar-refractivity contribution in [2.45, 2.75) is 65.2 Å². The Morgan fingerprint density at radius 1 is 1.00 bits per heavy atom. The van der Waals surface area contributed by atoms with Crippen LogP contribution in [0.4, 0.5) is 0 Å². The number of hydrogen-bond acceptors (Lipinski definition) is 3. The first kappa shape index (κ1) is 20.4. The number of hydrogen-bond donors (Lipinski definition) is 0. The molecular formula is C21H32O3. The van der Waals surface area contributed by atoms with Crippen molar-refractivity contribution in [2.75, 3.05) is 13.2 Å². The second-order valence-electron chi connectivity index (χ2n) is 6.20. The van der Waals surface area contributed by atoms with Crippen molar-refractivity contribution in [1.82, 2.24) is 0 Å². The second-order valence-corrected chi connectivity index (χ2v) is 6.20. The van der Waals surface area contributed by atoms with Crippen molar-refractivity contribution in [3.63, 3.8) is 0 Å². The molecule has 0 bridgehead atoms. The number of esters is 1. The molecule has 0 heterocycles. The first-order valence-electron chi connectivity index (χ1n) is 9.18. The summed E-state index contributed by atoms with van der Waals surface area (Å²) in [5.41, 5.74) is 1.53. The van der Waals surface area contributed by atoms with Crippen LogP contribution in [0, 0.1) is 0 Å². The molecule has 0 radical (unpaired) electrons. The summed E-state index contributed by atoms with van der Waals surface area (Å²) in [6.45, 7) is 9.05. The largest absolute Gasteiger partial charge is 0.423 e. The second kappa shape index (κ2) is 12.8. The highest BCUT2D eigenvalue weighted by atomic mass is 16.5. The van der Waals surface area contributed by atoms with Gasteiger partial charge >= 0.3 is 5.97 Å². The minimum Gasteiger partial charge on any atom is -0.423 e. The molecular weight excluding hydrogens is 300 g/mol. The van der Waals surface area contributed by atoms with E-state index in [0.29, 0.717) is 11.3 Å². The quantitative estimate of drug-likeness (QED) is 0.208. The molecule has 0 amide bonds. The third-order valence-electron chi connectivity index (χ3n) is 3.96. The van der Waals surface area contributed by atoms with Gasteiger partial charge in [0, 0.05) is 18.8 Å². The van der Waals surface area contributed by atoms with Gasteiger partial charge in [-0.2, -0.15) is 0 Å². The van der Waals surface area contributed by atoms with Gasteiger partial charge in [-0.25, -0.2) is 4.79 Å². The van der Waals surface area contributed by atoms with Gasteiger partial charge in [0.2, 0.25) is 0 Å². The van der Waals surface area contributed by atoms with Gasteiger partial charge in [0.25, 0.3) is 0 Å². The van der Waals surface area contributed by atoms with Crippen molar-refractivity contribution >= 4 is 5.97 Å². The van der Waals surface area contributed by atoms with Gasteiger partial charge in [-0.3, -0.25) is 0 Å². The van der Waals surface area contributed by atoms with Gasteiger partial charge in [0.15, 0.2) is 0 Å². The van der Waals surface area contributed by atoms with E-state index in [1.54, 1.807) is 6.92 Å². The normalized spacial score (nSPS) is 10.6. The Labute approximate surface area is 147 Å². The molecule has 0 aliphatic rings.